The Morgan fingerprint density at radius 3 is 2.56 bits per heavy atom. The van der Waals surface area contributed by atoms with E-state index in [9.17, 15) is 4.79 Å². The van der Waals surface area contributed by atoms with Gasteiger partial charge in [0.15, 0.2) is 0 Å². The lowest BCUT2D eigenvalue weighted by Gasteiger charge is -2.18. The van der Waals surface area contributed by atoms with Crippen molar-refractivity contribution in [2.45, 2.75) is 32.2 Å². The third-order valence-electron chi connectivity index (χ3n) is 2.23. The Morgan fingerprint density at radius 2 is 2.00 bits per heavy atom. The molecule has 0 aliphatic heterocycles. The molecule has 0 atom stereocenters. The summed E-state index contributed by atoms with van der Waals surface area (Å²) in [6, 6.07) is 7.89. The number of benzene rings is 1. The van der Waals surface area contributed by atoms with Crippen LogP contribution in [0.15, 0.2) is 24.3 Å². The Morgan fingerprint density at radius 1 is 1.38 bits per heavy atom. The molecule has 0 saturated carbocycles. The Balaban J connectivity index is 2.75. The van der Waals surface area contributed by atoms with Crippen LogP contribution in [-0.4, -0.2) is 18.6 Å². The molecule has 0 aliphatic rings. The first-order valence-electron chi connectivity index (χ1n) is 5.34. The van der Waals surface area contributed by atoms with Crippen LogP contribution in [0.1, 0.15) is 25.0 Å². The summed E-state index contributed by atoms with van der Waals surface area (Å²) < 4.78 is 4.63. The summed E-state index contributed by atoms with van der Waals surface area (Å²) in [4.78, 5) is 11.1. The van der Waals surface area contributed by atoms with Crippen molar-refractivity contribution in [3.63, 3.8) is 0 Å². The number of carbonyl (C=O) groups excluding carboxylic acids is 1. The van der Waals surface area contributed by atoms with Gasteiger partial charge < -0.3 is 10.5 Å². The SMILES string of the molecule is COC(=O)Cc1cccc(CC(C)(C)N)c1. The van der Waals surface area contributed by atoms with Crippen LogP contribution in [0, 0.1) is 0 Å². The maximum atomic E-state index is 11.1. The molecule has 0 amide bonds. The molecule has 88 valence electrons. The van der Waals surface area contributed by atoms with Crippen LogP contribution in [0.25, 0.3) is 0 Å². The van der Waals surface area contributed by atoms with Crippen molar-refractivity contribution in [1.82, 2.24) is 0 Å². The Labute approximate surface area is 96.6 Å². The van der Waals surface area contributed by atoms with Gasteiger partial charge in [-0.1, -0.05) is 24.3 Å². The normalized spacial score (nSPS) is 11.2. The lowest BCUT2D eigenvalue weighted by atomic mass is 9.95. The fourth-order valence-corrected chi connectivity index (χ4v) is 1.61. The van der Waals surface area contributed by atoms with Crippen molar-refractivity contribution in [1.29, 1.82) is 0 Å². The number of nitrogens with two attached hydrogens (primary N) is 1. The zero-order chi connectivity index (χ0) is 12.2. The van der Waals surface area contributed by atoms with E-state index in [2.05, 4.69) is 4.74 Å². The van der Waals surface area contributed by atoms with Crippen LogP contribution >= 0.6 is 0 Å². The van der Waals surface area contributed by atoms with E-state index in [1.165, 1.54) is 7.11 Å². The third-order valence-corrected chi connectivity index (χ3v) is 2.23. The summed E-state index contributed by atoms with van der Waals surface area (Å²) >= 11 is 0. The maximum Gasteiger partial charge on any atom is 0.309 e. The number of rotatable bonds is 4. The van der Waals surface area contributed by atoms with Crippen LogP contribution in [-0.2, 0) is 22.4 Å². The molecule has 0 saturated heterocycles. The van der Waals surface area contributed by atoms with Gasteiger partial charge in [0.25, 0.3) is 0 Å². The Bertz CT molecular complexity index is 366. The van der Waals surface area contributed by atoms with Crippen LogP contribution in [0.4, 0.5) is 0 Å². The molecular formula is C13H19NO2. The highest BCUT2D eigenvalue weighted by Gasteiger charge is 2.12. The maximum absolute atomic E-state index is 11.1. The van der Waals surface area contributed by atoms with Gasteiger partial charge in [0, 0.05) is 5.54 Å². The summed E-state index contributed by atoms with van der Waals surface area (Å²) in [7, 11) is 1.40. The monoisotopic (exact) mass is 221 g/mol. The zero-order valence-electron chi connectivity index (χ0n) is 10.1. The Kier molecular flexibility index (Phi) is 4.07. The fraction of sp³-hybridized carbons (Fsp3) is 0.462. The van der Waals surface area contributed by atoms with E-state index in [-0.39, 0.29) is 11.5 Å². The van der Waals surface area contributed by atoms with E-state index in [4.69, 9.17) is 5.73 Å². The van der Waals surface area contributed by atoms with Crippen molar-refractivity contribution in [3.05, 3.63) is 35.4 Å². The molecule has 1 rings (SSSR count). The molecule has 0 bridgehead atoms. The molecule has 16 heavy (non-hydrogen) atoms. The van der Waals surface area contributed by atoms with Gasteiger partial charge in [0.2, 0.25) is 0 Å². The van der Waals surface area contributed by atoms with E-state index < -0.39 is 0 Å². The summed E-state index contributed by atoms with van der Waals surface area (Å²) in [5.74, 6) is -0.218. The van der Waals surface area contributed by atoms with Crippen molar-refractivity contribution in [3.8, 4) is 0 Å². The minimum atomic E-state index is -0.232. The van der Waals surface area contributed by atoms with Crippen molar-refractivity contribution in [2.24, 2.45) is 5.73 Å². The molecule has 3 nitrogen and oxygen atoms in total. The highest BCUT2D eigenvalue weighted by atomic mass is 16.5. The predicted molar refractivity (Wildman–Crippen MR) is 64.1 cm³/mol. The number of hydrogen-bond acceptors (Lipinski definition) is 3. The van der Waals surface area contributed by atoms with Crippen LogP contribution in [0.2, 0.25) is 0 Å². The molecular weight excluding hydrogens is 202 g/mol. The smallest absolute Gasteiger partial charge is 0.309 e. The second kappa shape index (κ2) is 5.12. The number of methoxy groups -OCH3 is 1. The van der Waals surface area contributed by atoms with E-state index in [0.29, 0.717) is 6.42 Å². The average Bonchev–Trinajstić information content (AvgIpc) is 2.15. The molecule has 1 aromatic carbocycles. The summed E-state index contributed by atoms with van der Waals surface area (Å²) in [6.45, 7) is 3.97. The van der Waals surface area contributed by atoms with Crippen LogP contribution in [0.3, 0.4) is 0 Å². The van der Waals surface area contributed by atoms with Gasteiger partial charge in [-0.05, 0) is 31.4 Å². The van der Waals surface area contributed by atoms with Crippen LogP contribution < -0.4 is 5.73 Å². The molecule has 1 aromatic rings. The molecule has 0 aromatic heterocycles. The lowest BCUT2D eigenvalue weighted by Crippen LogP contribution is -2.34. The fourth-order valence-electron chi connectivity index (χ4n) is 1.61. The molecule has 0 spiro atoms. The number of carbonyl (C=O) groups is 1. The summed E-state index contributed by atoms with van der Waals surface area (Å²) in [5, 5.41) is 0. The molecule has 0 radical (unpaired) electrons. The van der Waals surface area contributed by atoms with Crippen LogP contribution in [0.5, 0.6) is 0 Å². The molecule has 3 heteroatoms. The third kappa shape index (κ3) is 4.45. The van der Waals surface area contributed by atoms with Gasteiger partial charge in [-0.2, -0.15) is 0 Å². The van der Waals surface area contributed by atoms with Crippen molar-refractivity contribution >= 4 is 5.97 Å². The molecule has 2 N–H and O–H groups in total. The quantitative estimate of drug-likeness (QED) is 0.787. The van der Waals surface area contributed by atoms with E-state index in [1.807, 2.05) is 38.1 Å². The number of ether oxygens (including phenoxy) is 1. The average molecular weight is 221 g/mol. The standard InChI is InChI=1S/C13H19NO2/c1-13(2,14)9-11-6-4-5-10(7-11)8-12(15)16-3/h4-7H,8-9,14H2,1-3H3. The highest BCUT2D eigenvalue weighted by Crippen LogP contribution is 2.12. The number of hydrogen-bond donors (Lipinski definition) is 1. The first-order valence-corrected chi connectivity index (χ1v) is 5.34. The minimum Gasteiger partial charge on any atom is -0.469 e. The van der Waals surface area contributed by atoms with Gasteiger partial charge >= 0.3 is 5.97 Å². The van der Waals surface area contributed by atoms with Gasteiger partial charge in [0.05, 0.1) is 13.5 Å². The summed E-state index contributed by atoms with van der Waals surface area (Å²) in [5.41, 5.74) is 7.83. The van der Waals surface area contributed by atoms with Gasteiger partial charge in [-0.3, -0.25) is 4.79 Å². The lowest BCUT2D eigenvalue weighted by molar-refractivity contribution is -0.139. The topological polar surface area (TPSA) is 52.3 Å². The summed E-state index contributed by atoms with van der Waals surface area (Å²) in [6.07, 6.45) is 1.11. The van der Waals surface area contributed by atoms with Gasteiger partial charge in [-0.25, -0.2) is 0 Å². The van der Waals surface area contributed by atoms with E-state index in [1.54, 1.807) is 0 Å². The van der Waals surface area contributed by atoms with E-state index in [0.717, 1.165) is 17.5 Å². The zero-order valence-corrected chi connectivity index (χ0v) is 10.1. The molecule has 0 fully saturated rings. The Hall–Kier alpha value is -1.35. The van der Waals surface area contributed by atoms with E-state index >= 15 is 0 Å². The van der Waals surface area contributed by atoms with Crippen molar-refractivity contribution < 1.29 is 9.53 Å². The molecule has 0 heterocycles. The first kappa shape index (κ1) is 12.7. The second-order valence-electron chi connectivity index (χ2n) is 4.74. The molecule has 0 aliphatic carbocycles. The second-order valence-corrected chi connectivity index (χ2v) is 4.74. The van der Waals surface area contributed by atoms with Gasteiger partial charge in [0.1, 0.15) is 0 Å². The minimum absolute atomic E-state index is 0.218. The molecule has 0 unspecified atom stereocenters. The number of esters is 1. The van der Waals surface area contributed by atoms with Gasteiger partial charge in [-0.15, -0.1) is 0 Å². The first-order chi connectivity index (χ1) is 7.40. The highest BCUT2D eigenvalue weighted by molar-refractivity contribution is 5.72. The predicted octanol–water partition coefficient (Wildman–Crippen LogP) is 1.68. The van der Waals surface area contributed by atoms with Crippen molar-refractivity contribution in [2.75, 3.05) is 7.11 Å². The largest absolute Gasteiger partial charge is 0.469 e.